The van der Waals surface area contributed by atoms with E-state index in [4.69, 9.17) is 4.74 Å². The average molecular weight is 389 g/mol. The molecule has 2 aromatic carbocycles. The maximum atomic E-state index is 12.9. The van der Waals surface area contributed by atoms with Crippen molar-refractivity contribution in [2.75, 3.05) is 20.7 Å². The number of methoxy groups -OCH3 is 1. The molecule has 0 unspecified atom stereocenters. The van der Waals surface area contributed by atoms with Gasteiger partial charge in [0.05, 0.1) is 12.7 Å². The van der Waals surface area contributed by atoms with Gasteiger partial charge in [-0.2, -0.15) is 0 Å². The summed E-state index contributed by atoms with van der Waals surface area (Å²) in [4.78, 5) is 30.1. The molecular formula is C23H23N3O3. The number of nitrogens with one attached hydrogen (secondary N) is 2. The van der Waals surface area contributed by atoms with Crippen LogP contribution in [0, 0.1) is 6.92 Å². The van der Waals surface area contributed by atoms with E-state index in [1.807, 2.05) is 55.5 Å². The molecular weight excluding hydrogens is 366 g/mol. The van der Waals surface area contributed by atoms with E-state index in [-0.39, 0.29) is 11.8 Å². The minimum atomic E-state index is -0.301. The molecule has 2 N–H and O–H groups in total. The molecule has 0 aliphatic carbocycles. The topological polar surface area (TPSA) is 74.4 Å². The smallest absolute Gasteiger partial charge is 0.277 e. The summed E-state index contributed by atoms with van der Waals surface area (Å²) in [5, 5.41) is 4.16. The van der Waals surface area contributed by atoms with Gasteiger partial charge < -0.3 is 15.0 Å². The van der Waals surface area contributed by atoms with E-state index < -0.39 is 0 Å². The van der Waals surface area contributed by atoms with Gasteiger partial charge in [-0.3, -0.25) is 14.5 Å². The highest BCUT2D eigenvalue weighted by Gasteiger charge is 2.38. The monoisotopic (exact) mass is 389 g/mol. The predicted molar refractivity (Wildman–Crippen MR) is 112 cm³/mol. The summed E-state index contributed by atoms with van der Waals surface area (Å²) in [5.74, 6) is 0.221. The van der Waals surface area contributed by atoms with Crippen molar-refractivity contribution in [1.29, 1.82) is 0 Å². The fourth-order valence-electron chi connectivity index (χ4n) is 3.76. The van der Waals surface area contributed by atoms with Gasteiger partial charge in [0.25, 0.3) is 11.8 Å². The lowest BCUT2D eigenvalue weighted by atomic mass is 10.0. The van der Waals surface area contributed by atoms with Gasteiger partial charge in [0.2, 0.25) is 0 Å². The number of imide groups is 1. The molecule has 4 rings (SSSR count). The van der Waals surface area contributed by atoms with Crippen LogP contribution in [-0.2, 0) is 16.0 Å². The Morgan fingerprint density at radius 3 is 2.48 bits per heavy atom. The molecule has 0 fully saturated rings. The molecule has 1 aromatic heterocycles. The summed E-state index contributed by atoms with van der Waals surface area (Å²) >= 11 is 0. The van der Waals surface area contributed by atoms with Gasteiger partial charge in [0.15, 0.2) is 0 Å². The fourth-order valence-corrected chi connectivity index (χ4v) is 3.76. The highest BCUT2D eigenvalue weighted by molar-refractivity contribution is 6.37. The number of carbonyl (C=O) groups excluding carboxylic acids is 2. The largest absolute Gasteiger partial charge is 0.497 e. The lowest BCUT2D eigenvalue weighted by Crippen LogP contribution is -2.30. The number of ether oxygens (including phenoxy) is 1. The van der Waals surface area contributed by atoms with Crippen LogP contribution >= 0.6 is 0 Å². The number of nitrogens with zero attached hydrogens (tertiary/aromatic N) is 1. The van der Waals surface area contributed by atoms with Crippen molar-refractivity contribution in [3.8, 4) is 5.75 Å². The van der Waals surface area contributed by atoms with E-state index in [9.17, 15) is 9.59 Å². The third-order valence-corrected chi connectivity index (χ3v) is 5.31. The van der Waals surface area contributed by atoms with Crippen LogP contribution in [-0.4, -0.2) is 42.4 Å². The number of para-hydroxylation sites is 1. The van der Waals surface area contributed by atoms with Gasteiger partial charge in [-0.25, -0.2) is 0 Å². The number of H-pyrrole nitrogens is 1. The van der Waals surface area contributed by atoms with Gasteiger partial charge in [0, 0.05) is 35.8 Å². The van der Waals surface area contributed by atoms with Crippen molar-refractivity contribution in [2.45, 2.75) is 13.3 Å². The maximum absolute atomic E-state index is 12.9. The number of aryl methyl sites for hydroxylation is 1. The Bertz CT molecular complexity index is 1130. The molecule has 0 radical (unpaired) electrons. The van der Waals surface area contributed by atoms with E-state index in [2.05, 4.69) is 10.3 Å². The first-order valence-electron chi connectivity index (χ1n) is 9.52. The van der Waals surface area contributed by atoms with E-state index in [0.717, 1.165) is 39.9 Å². The molecule has 2 heterocycles. The van der Waals surface area contributed by atoms with E-state index in [1.165, 1.54) is 11.9 Å². The van der Waals surface area contributed by atoms with Gasteiger partial charge >= 0.3 is 0 Å². The SMILES string of the molecule is COc1ccc(CCNC2=C(c3c(C)[nH]c4ccccc34)C(=O)N(C)C2=O)cc1. The second-order valence-corrected chi connectivity index (χ2v) is 7.11. The van der Waals surface area contributed by atoms with Crippen LogP contribution in [0.15, 0.2) is 54.2 Å². The van der Waals surface area contributed by atoms with Crippen molar-refractivity contribution in [1.82, 2.24) is 15.2 Å². The zero-order chi connectivity index (χ0) is 20.5. The highest BCUT2D eigenvalue weighted by atomic mass is 16.5. The van der Waals surface area contributed by atoms with Crippen LogP contribution in [0.3, 0.4) is 0 Å². The van der Waals surface area contributed by atoms with E-state index >= 15 is 0 Å². The molecule has 1 aliphatic rings. The highest BCUT2D eigenvalue weighted by Crippen LogP contribution is 2.34. The molecule has 0 saturated heterocycles. The molecule has 148 valence electrons. The summed E-state index contributed by atoms with van der Waals surface area (Å²) in [6.45, 7) is 2.47. The van der Waals surface area contributed by atoms with E-state index in [0.29, 0.717) is 17.8 Å². The normalized spacial score (nSPS) is 14.2. The minimum Gasteiger partial charge on any atom is -0.497 e. The van der Waals surface area contributed by atoms with Crippen molar-refractivity contribution >= 4 is 28.3 Å². The lowest BCUT2D eigenvalue weighted by molar-refractivity contribution is -0.135. The summed E-state index contributed by atoms with van der Waals surface area (Å²) < 4.78 is 5.18. The van der Waals surface area contributed by atoms with Crippen LogP contribution in [0.5, 0.6) is 5.75 Å². The average Bonchev–Trinajstić information content (AvgIpc) is 3.17. The van der Waals surface area contributed by atoms with Gasteiger partial charge in [-0.1, -0.05) is 30.3 Å². The standard InChI is InChI=1S/C23H23N3O3/c1-14-19(17-6-4-5-7-18(17)25-14)20-21(23(28)26(2)22(20)27)24-13-12-15-8-10-16(29-3)11-9-15/h4-11,24-25H,12-13H2,1-3H3. The molecule has 0 spiro atoms. The summed E-state index contributed by atoms with van der Waals surface area (Å²) in [5.41, 5.74) is 4.51. The molecule has 6 heteroatoms. The van der Waals surface area contributed by atoms with Crippen molar-refractivity contribution in [3.05, 3.63) is 71.0 Å². The number of benzene rings is 2. The molecule has 0 atom stereocenters. The van der Waals surface area contributed by atoms with Crippen LogP contribution in [0.4, 0.5) is 0 Å². The number of amides is 2. The minimum absolute atomic E-state index is 0.283. The number of likely N-dealkylation sites (N-methyl/N-ethyl adjacent to an activating group) is 1. The number of hydrogen-bond acceptors (Lipinski definition) is 4. The Morgan fingerprint density at radius 2 is 1.76 bits per heavy atom. The Morgan fingerprint density at radius 1 is 1.03 bits per heavy atom. The Hall–Kier alpha value is -3.54. The second-order valence-electron chi connectivity index (χ2n) is 7.11. The first kappa shape index (κ1) is 18.8. The van der Waals surface area contributed by atoms with Crippen LogP contribution < -0.4 is 10.1 Å². The number of hydrogen-bond donors (Lipinski definition) is 2. The van der Waals surface area contributed by atoms with Gasteiger partial charge in [-0.05, 0) is 37.1 Å². The molecule has 6 nitrogen and oxygen atoms in total. The molecule has 0 saturated carbocycles. The Kier molecular flexibility index (Phi) is 4.84. The molecule has 3 aromatic rings. The van der Waals surface area contributed by atoms with Crippen LogP contribution in [0.2, 0.25) is 0 Å². The first-order valence-corrected chi connectivity index (χ1v) is 9.52. The number of aromatic amines is 1. The van der Waals surface area contributed by atoms with Gasteiger partial charge in [0.1, 0.15) is 11.4 Å². The molecule has 2 amide bonds. The summed E-state index contributed by atoms with van der Waals surface area (Å²) in [6.07, 6.45) is 0.721. The number of rotatable bonds is 6. The quantitative estimate of drug-likeness (QED) is 0.636. The van der Waals surface area contributed by atoms with Crippen LogP contribution in [0.1, 0.15) is 16.8 Å². The predicted octanol–water partition coefficient (Wildman–Crippen LogP) is 3.03. The lowest BCUT2D eigenvalue weighted by Gasteiger charge is -2.09. The molecule has 29 heavy (non-hydrogen) atoms. The summed E-state index contributed by atoms with van der Waals surface area (Å²) in [7, 11) is 3.16. The zero-order valence-corrected chi connectivity index (χ0v) is 16.7. The number of carbonyl (C=O) groups is 2. The second kappa shape index (κ2) is 7.47. The van der Waals surface area contributed by atoms with Crippen molar-refractivity contribution in [3.63, 3.8) is 0 Å². The number of aromatic nitrogens is 1. The van der Waals surface area contributed by atoms with Gasteiger partial charge in [-0.15, -0.1) is 0 Å². The zero-order valence-electron chi connectivity index (χ0n) is 16.7. The van der Waals surface area contributed by atoms with Crippen molar-refractivity contribution in [2.24, 2.45) is 0 Å². The Labute approximate surface area is 169 Å². The van der Waals surface area contributed by atoms with Crippen molar-refractivity contribution < 1.29 is 14.3 Å². The third-order valence-electron chi connectivity index (χ3n) is 5.31. The molecule has 0 bridgehead atoms. The fraction of sp³-hybridized carbons (Fsp3) is 0.217. The molecule has 1 aliphatic heterocycles. The Balaban J connectivity index is 1.65. The first-order chi connectivity index (χ1) is 14.0. The van der Waals surface area contributed by atoms with Crippen LogP contribution in [0.25, 0.3) is 16.5 Å². The third kappa shape index (κ3) is 3.27. The van der Waals surface area contributed by atoms with E-state index in [1.54, 1.807) is 7.11 Å². The summed E-state index contributed by atoms with van der Waals surface area (Å²) in [6, 6.07) is 15.6. The maximum Gasteiger partial charge on any atom is 0.277 e. The number of fused-ring (bicyclic) bond motifs is 1.